The Morgan fingerprint density at radius 1 is 0.536 bits per heavy atom. The van der Waals surface area contributed by atoms with E-state index >= 15 is 0 Å². The van der Waals surface area contributed by atoms with Crippen molar-refractivity contribution >= 4 is 16.1 Å². The number of hydrogen-bond acceptors (Lipinski definition) is 0. The second-order valence-electron chi connectivity index (χ2n) is 10.3. The van der Waals surface area contributed by atoms with Gasteiger partial charge in [0.25, 0.3) is 0 Å². The predicted octanol–water partition coefficient (Wildman–Crippen LogP) is 7.81. The molecule has 0 spiro atoms. The molecule has 0 aliphatic carbocycles. The highest BCUT2D eigenvalue weighted by Gasteiger charge is 2.15. The van der Waals surface area contributed by atoms with Crippen LogP contribution in [-0.4, -0.2) is 16.1 Å². The first-order valence-corrected chi connectivity index (χ1v) is 17.3. The van der Waals surface area contributed by atoms with E-state index in [2.05, 4.69) is 128 Å². The van der Waals surface area contributed by atoms with E-state index in [4.69, 9.17) is 0 Å². The Morgan fingerprint density at radius 2 is 0.821 bits per heavy atom. The molecule has 0 saturated heterocycles. The summed E-state index contributed by atoms with van der Waals surface area (Å²) in [6.45, 7) is 26.7. The predicted molar refractivity (Wildman–Crippen MR) is 136 cm³/mol. The summed E-state index contributed by atoms with van der Waals surface area (Å²) in [5.74, 6) is 7.41. The van der Waals surface area contributed by atoms with Crippen LogP contribution in [0.1, 0.15) is 41.5 Å². The Bertz CT molecular complexity index is 691. The van der Waals surface area contributed by atoms with Crippen LogP contribution in [0, 0.1) is 34.8 Å². The third-order valence-electron chi connectivity index (χ3n) is 3.65. The normalized spacial score (nSPS) is 14.7. The summed E-state index contributed by atoms with van der Waals surface area (Å²) in [4.78, 5) is 0. The molecule has 0 bridgehead atoms. The zero-order chi connectivity index (χ0) is 22.1. The van der Waals surface area contributed by atoms with Crippen LogP contribution in [-0.2, 0) is 0 Å². The van der Waals surface area contributed by atoms with E-state index < -0.39 is 16.1 Å². The Labute approximate surface area is 178 Å². The minimum absolute atomic E-state index is 0.291. The molecule has 0 N–H and O–H groups in total. The molecular formula is C26H42Si2. The average molecular weight is 411 g/mol. The first kappa shape index (κ1) is 26.5. The van der Waals surface area contributed by atoms with Crippen molar-refractivity contribution in [3.63, 3.8) is 0 Å². The van der Waals surface area contributed by atoms with Gasteiger partial charge in [-0.15, -0.1) is 11.1 Å². The quantitative estimate of drug-likeness (QED) is 0.246. The van der Waals surface area contributed by atoms with Gasteiger partial charge in [0.15, 0.2) is 0 Å². The minimum Gasteiger partial charge on any atom is -0.127 e. The monoisotopic (exact) mass is 410 g/mol. The second kappa shape index (κ2) is 11.5. The lowest BCUT2D eigenvalue weighted by Crippen LogP contribution is -2.16. The summed E-state index contributed by atoms with van der Waals surface area (Å²) >= 11 is 0. The van der Waals surface area contributed by atoms with Crippen molar-refractivity contribution in [2.24, 2.45) is 11.8 Å². The molecule has 0 aliphatic heterocycles. The van der Waals surface area contributed by atoms with E-state index in [1.807, 2.05) is 0 Å². The van der Waals surface area contributed by atoms with Gasteiger partial charge in [-0.2, -0.15) is 0 Å². The van der Waals surface area contributed by atoms with Gasteiger partial charge in [0.05, 0.1) is 0 Å². The average Bonchev–Trinajstić information content (AvgIpc) is 2.47. The molecule has 28 heavy (non-hydrogen) atoms. The molecular weight excluding hydrogens is 368 g/mol. The summed E-state index contributed by atoms with van der Waals surface area (Å²) in [5.41, 5.74) is 12.0. The fourth-order valence-corrected chi connectivity index (χ4v) is 3.69. The molecule has 0 heterocycles. The molecule has 0 saturated carbocycles. The van der Waals surface area contributed by atoms with Crippen LogP contribution in [0.2, 0.25) is 39.3 Å². The van der Waals surface area contributed by atoms with Crippen molar-refractivity contribution in [3.05, 3.63) is 46.6 Å². The van der Waals surface area contributed by atoms with Gasteiger partial charge in [-0.1, -0.05) is 86.6 Å². The SMILES string of the molecule is CC(C)=CC(/C=C(/C)C#C[Si](C)(C)C)C(C=C(C)C)/C=C(\C)C#C[Si](C)(C)C. The Kier molecular flexibility index (Phi) is 10.9. The summed E-state index contributed by atoms with van der Waals surface area (Å²) in [6.07, 6.45) is 9.39. The number of rotatable bonds is 5. The van der Waals surface area contributed by atoms with E-state index in [1.54, 1.807) is 0 Å². The Hall–Kier alpha value is -1.49. The smallest absolute Gasteiger partial charge is 0.127 e. The van der Waals surface area contributed by atoms with Gasteiger partial charge in [0.1, 0.15) is 16.1 Å². The van der Waals surface area contributed by atoms with Crippen LogP contribution < -0.4 is 0 Å². The van der Waals surface area contributed by atoms with Gasteiger partial charge >= 0.3 is 0 Å². The van der Waals surface area contributed by atoms with Gasteiger partial charge in [-0.25, -0.2) is 0 Å². The second-order valence-corrected chi connectivity index (χ2v) is 19.8. The fraction of sp³-hybridized carbons (Fsp3) is 0.538. The Balaban J connectivity index is 6.17. The van der Waals surface area contributed by atoms with Gasteiger partial charge in [0.2, 0.25) is 0 Å². The molecule has 0 rings (SSSR count). The maximum atomic E-state index is 3.49. The molecule has 2 heteroatoms. The summed E-state index contributed by atoms with van der Waals surface area (Å²) in [6, 6.07) is 0. The first-order chi connectivity index (χ1) is 12.6. The molecule has 0 aliphatic rings. The highest BCUT2D eigenvalue weighted by molar-refractivity contribution is 6.84. The lowest BCUT2D eigenvalue weighted by Gasteiger charge is -2.18. The summed E-state index contributed by atoms with van der Waals surface area (Å²) in [5, 5.41) is 0. The van der Waals surface area contributed by atoms with Crippen molar-refractivity contribution in [2.75, 3.05) is 0 Å². The van der Waals surface area contributed by atoms with Crippen molar-refractivity contribution in [2.45, 2.75) is 80.8 Å². The highest BCUT2D eigenvalue weighted by atomic mass is 28.3. The molecule has 0 amide bonds. The van der Waals surface area contributed by atoms with Gasteiger partial charge in [-0.3, -0.25) is 0 Å². The molecule has 0 nitrogen and oxygen atoms in total. The third kappa shape index (κ3) is 14.6. The largest absolute Gasteiger partial charge is 0.129 e. The Morgan fingerprint density at radius 3 is 1.04 bits per heavy atom. The van der Waals surface area contributed by atoms with Crippen LogP contribution in [0.25, 0.3) is 0 Å². The summed E-state index contributed by atoms with van der Waals surface area (Å²) < 4.78 is 0. The van der Waals surface area contributed by atoms with Gasteiger partial charge < -0.3 is 0 Å². The van der Waals surface area contributed by atoms with Crippen LogP contribution in [0.15, 0.2) is 46.6 Å². The molecule has 0 radical (unpaired) electrons. The molecule has 2 atom stereocenters. The zero-order valence-electron chi connectivity index (χ0n) is 20.5. The van der Waals surface area contributed by atoms with Crippen LogP contribution in [0.3, 0.4) is 0 Å². The maximum absolute atomic E-state index is 3.49. The summed E-state index contributed by atoms with van der Waals surface area (Å²) in [7, 11) is -2.73. The van der Waals surface area contributed by atoms with Crippen molar-refractivity contribution in [3.8, 4) is 22.9 Å². The van der Waals surface area contributed by atoms with Crippen molar-refractivity contribution < 1.29 is 0 Å². The lowest BCUT2D eigenvalue weighted by molar-refractivity contribution is 0.661. The molecule has 0 aromatic rings. The van der Waals surface area contributed by atoms with Gasteiger partial charge in [0, 0.05) is 11.8 Å². The number of hydrogen-bond donors (Lipinski definition) is 0. The topological polar surface area (TPSA) is 0 Å². The van der Waals surface area contributed by atoms with Crippen molar-refractivity contribution in [1.29, 1.82) is 0 Å². The standard InChI is InChI=1S/C26H42Si2/c1-21(2)17-25(19-23(5)13-15-27(7,8)9)26(18-22(3)4)20-24(6)14-16-28(10,11)12/h17-20,25-26H,1-12H3/b23-19-,24-20+. The van der Waals surface area contributed by atoms with Gasteiger partial charge in [-0.05, 0) is 52.7 Å². The molecule has 0 aromatic heterocycles. The minimum atomic E-state index is -1.37. The van der Waals surface area contributed by atoms with E-state index in [1.165, 1.54) is 11.1 Å². The van der Waals surface area contributed by atoms with E-state index in [0.717, 1.165) is 11.1 Å². The molecule has 0 aromatic carbocycles. The van der Waals surface area contributed by atoms with Crippen LogP contribution in [0.5, 0.6) is 0 Å². The van der Waals surface area contributed by atoms with Crippen LogP contribution >= 0.6 is 0 Å². The maximum Gasteiger partial charge on any atom is 0.129 e. The van der Waals surface area contributed by atoms with E-state index in [0.29, 0.717) is 11.8 Å². The fourth-order valence-electron chi connectivity index (χ4n) is 2.54. The van der Waals surface area contributed by atoms with E-state index in [-0.39, 0.29) is 0 Å². The lowest BCUT2D eigenvalue weighted by atomic mass is 9.86. The zero-order valence-corrected chi connectivity index (χ0v) is 22.5. The molecule has 154 valence electrons. The number of allylic oxidation sites excluding steroid dienone is 8. The molecule has 0 fully saturated rings. The highest BCUT2D eigenvalue weighted by Crippen LogP contribution is 2.24. The first-order valence-electron chi connectivity index (χ1n) is 10.3. The van der Waals surface area contributed by atoms with Crippen molar-refractivity contribution in [1.82, 2.24) is 0 Å². The third-order valence-corrected chi connectivity index (χ3v) is 5.40. The van der Waals surface area contributed by atoms with E-state index in [9.17, 15) is 0 Å². The van der Waals surface area contributed by atoms with Crippen LogP contribution in [0.4, 0.5) is 0 Å². The molecule has 2 unspecified atom stereocenters.